The number of nitrogens with zero attached hydrogens (tertiary/aromatic N) is 2. The molecule has 0 unspecified atom stereocenters. The van der Waals surface area contributed by atoms with Gasteiger partial charge in [-0.1, -0.05) is 11.3 Å². The van der Waals surface area contributed by atoms with Crippen molar-refractivity contribution in [2.45, 2.75) is 4.90 Å². The van der Waals surface area contributed by atoms with Crippen LogP contribution < -0.4 is 0 Å². The molecule has 6 nitrogen and oxygen atoms in total. The van der Waals surface area contributed by atoms with Crippen LogP contribution in [0.25, 0.3) is 11.0 Å². The second-order valence-electron chi connectivity index (χ2n) is 2.44. The molecule has 1 aromatic heterocycles. The number of H-pyrrole nitrogens is 1. The van der Waals surface area contributed by atoms with Crippen molar-refractivity contribution < 1.29 is 35.4 Å². The van der Waals surface area contributed by atoms with E-state index in [1.54, 1.807) is 6.07 Å². The van der Waals surface area contributed by atoms with Gasteiger partial charge in [0.2, 0.25) is 0 Å². The molecule has 0 atom stereocenters. The van der Waals surface area contributed by atoms with Crippen molar-refractivity contribution in [1.82, 2.24) is 15.4 Å². The van der Waals surface area contributed by atoms with Gasteiger partial charge in [-0.25, -0.2) is 0 Å². The molecule has 0 bridgehead atoms. The van der Waals surface area contributed by atoms with Crippen molar-refractivity contribution in [3.63, 3.8) is 0 Å². The van der Waals surface area contributed by atoms with Crippen LogP contribution in [0.3, 0.4) is 0 Å². The monoisotopic (exact) mass is 330 g/mol. The fraction of sp³-hybridized carbons (Fsp3) is 0. The molecule has 0 saturated carbocycles. The molecule has 2 N–H and O–H groups in total. The molecular weight excluding hydrogens is 325 g/mol. The predicted molar refractivity (Wildman–Crippen MR) is 50.9 cm³/mol. The van der Waals surface area contributed by atoms with E-state index >= 15 is 0 Å². The summed E-state index contributed by atoms with van der Waals surface area (Å²) in [5.41, 5.74) is 0.611. The van der Waals surface area contributed by atoms with Crippen LogP contribution in [-0.2, 0) is 32.5 Å². The number of aromatic nitrogens is 3. The number of hydrogen-bond donors (Lipinski definition) is 2. The van der Waals surface area contributed by atoms with Crippen LogP contribution in [0.4, 0.5) is 0 Å². The van der Waals surface area contributed by atoms with Gasteiger partial charge < -0.3 is 0 Å². The summed E-state index contributed by atoms with van der Waals surface area (Å²) in [5.74, 6) is 0. The van der Waals surface area contributed by atoms with Crippen molar-refractivity contribution in [2.75, 3.05) is 0 Å². The SMILES string of the molecule is O=S(=O)(O)c1cccc2[nH]nnc12.[Ag].[NaH]. The van der Waals surface area contributed by atoms with Gasteiger partial charge in [0, 0.05) is 22.4 Å². The van der Waals surface area contributed by atoms with Gasteiger partial charge in [0.25, 0.3) is 10.1 Å². The Hall–Kier alpha value is 0.270. The number of nitrogens with one attached hydrogen (secondary N) is 1. The number of hydrogen-bond acceptors (Lipinski definition) is 4. The Bertz CT molecular complexity index is 556. The molecule has 1 aromatic carbocycles. The Morgan fingerprint density at radius 1 is 1.33 bits per heavy atom. The molecular formula is C6H6AgN3NaO3S. The first-order valence-electron chi connectivity index (χ1n) is 3.36. The summed E-state index contributed by atoms with van der Waals surface area (Å²) in [6.45, 7) is 0. The number of aromatic amines is 1. The molecule has 1 radical (unpaired) electrons. The van der Waals surface area contributed by atoms with E-state index in [1.165, 1.54) is 12.1 Å². The minimum atomic E-state index is -4.22. The van der Waals surface area contributed by atoms with E-state index in [4.69, 9.17) is 4.55 Å². The maximum absolute atomic E-state index is 10.8. The van der Waals surface area contributed by atoms with Gasteiger partial charge in [0.15, 0.2) is 0 Å². The Labute approximate surface area is 123 Å². The van der Waals surface area contributed by atoms with E-state index in [9.17, 15) is 8.42 Å². The van der Waals surface area contributed by atoms with Crippen LogP contribution in [0.1, 0.15) is 0 Å². The minimum absolute atomic E-state index is 0. The standard InChI is InChI=1S/C6H5N3O3S.Ag.Na.H/c10-13(11,12)5-3-1-2-4-6(5)8-9-7-4;;;/h1-3H,(H,7,8,9)(H,10,11,12);;;. The van der Waals surface area contributed by atoms with Crippen LogP contribution in [0.5, 0.6) is 0 Å². The first-order valence-corrected chi connectivity index (χ1v) is 4.80. The summed E-state index contributed by atoms with van der Waals surface area (Å²) < 4.78 is 30.4. The number of rotatable bonds is 1. The Morgan fingerprint density at radius 3 is 2.60 bits per heavy atom. The molecule has 0 aliphatic rings. The zero-order valence-corrected chi connectivity index (χ0v) is 8.90. The van der Waals surface area contributed by atoms with Crippen LogP contribution in [-0.4, -0.2) is 57.9 Å². The summed E-state index contributed by atoms with van der Waals surface area (Å²) >= 11 is 0. The van der Waals surface area contributed by atoms with Crippen molar-refractivity contribution in [3.05, 3.63) is 18.2 Å². The second kappa shape index (κ2) is 5.55. The molecule has 0 saturated heterocycles. The van der Waals surface area contributed by atoms with Gasteiger partial charge in [-0.05, 0) is 12.1 Å². The van der Waals surface area contributed by atoms with Gasteiger partial charge in [0.05, 0.1) is 5.52 Å². The van der Waals surface area contributed by atoms with Crippen LogP contribution in [0.2, 0.25) is 0 Å². The second-order valence-corrected chi connectivity index (χ2v) is 3.83. The van der Waals surface area contributed by atoms with E-state index in [-0.39, 0.29) is 62.3 Å². The summed E-state index contributed by atoms with van der Waals surface area (Å²) in [5, 5.41) is 9.46. The summed E-state index contributed by atoms with van der Waals surface area (Å²) in [6.07, 6.45) is 0. The summed E-state index contributed by atoms with van der Waals surface area (Å²) in [6, 6.07) is 4.37. The van der Waals surface area contributed by atoms with Gasteiger partial charge in [-0.3, -0.25) is 9.65 Å². The molecule has 0 fully saturated rings. The van der Waals surface area contributed by atoms with Crippen LogP contribution >= 0.6 is 0 Å². The van der Waals surface area contributed by atoms with Crippen molar-refractivity contribution in [3.8, 4) is 0 Å². The molecule has 2 aromatic rings. The maximum atomic E-state index is 10.8. The molecule has 0 spiro atoms. The average Bonchev–Trinajstić information content (AvgIpc) is 2.48. The molecule has 9 heteroatoms. The van der Waals surface area contributed by atoms with Gasteiger partial charge in [-0.2, -0.15) is 8.42 Å². The summed E-state index contributed by atoms with van der Waals surface area (Å²) in [7, 11) is -4.22. The normalized spacial score (nSPS) is 10.5. The van der Waals surface area contributed by atoms with Crippen molar-refractivity contribution in [2.24, 2.45) is 0 Å². The van der Waals surface area contributed by atoms with Crippen molar-refractivity contribution in [1.29, 1.82) is 0 Å². The summed E-state index contributed by atoms with van der Waals surface area (Å²) in [4.78, 5) is -0.237. The molecule has 0 amide bonds. The third-order valence-corrected chi connectivity index (χ3v) is 2.48. The van der Waals surface area contributed by atoms with E-state index in [1.807, 2.05) is 0 Å². The number of benzene rings is 1. The Kier molecular flexibility index (Phi) is 5.65. The topological polar surface area (TPSA) is 95.9 Å². The van der Waals surface area contributed by atoms with E-state index in [0.29, 0.717) is 5.52 Å². The van der Waals surface area contributed by atoms with Gasteiger partial charge >= 0.3 is 29.6 Å². The quantitative estimate of drug-likeness (QED) is 0.545. The third-order valence-electron chi connectivity index (χ3n) is 1.60. The van der Waals surface area contributed by atoms with Gasteiger partial charge in [-0.15, -0.1) is 5.10 Å². The molecule has 1 heterocycles. The fourth-order valence-electron chi connectivity index (χ4n) is 1.05. The Morgan fingerprint density at radius 2 is 2.00 bits per heavy atom. The molecule has 0 aliphatic heterocycles. The average molecular weight is 331 g/mol. The zero-order valence-electron chi connectivity index (χ0n) is 6.60. The molecule has 81 valence electrons. The molecule has 0 aliphatic carbocycles. The van der Waals surface area contributed by atoms with E-state index < -0.39 is 10.1 Å². The Balaban J connectivity index is 0.000000980. The van der Waals surface area contributed by atoms with Gasteiger partial charge in [0.1, 0.15) is 10.4 Å². The van der Waals surface area contributed by atoms with Crippen molar-refractivity contribution >= 4 is 50.7 Å². The van der Waals surface area contributed by atoms with Crippen LogP contribution in [0.15, 0.2) is 23.1 Å². The number of fused-ring (bicyclic) bond motifs is 1. The van der Waals surface area contributed by atoms with E-state index in [2.05, 4.69) is 15.4 Å². The van der Waals surface area contributed by atoms with E-state index in [0.717, 1.165) is 0 Å². The first kappa shape index (κ1) is 15.3. The fourth-order valence-corrected chi connectivity index (χ4v) is 1.70. The molecule has 2 rings (SSSR count). The third kappa shape index (κ3) is 3.11. The zero-order chi connectivity index (χ0) is 9.47. The van der Waals surface area contributed by atoms with Crippen LogP contribution in [0, 0.1) is 0 Å². The predicted octanol–water partition coefficient (Wildman–Crippen LogP) is -0.446. The molecule has 15 heavy (non-hydrogen) atoms. The first-order chi connectivity index (χ1) is 6.09.